The molecule has 4 fully saturated rings. The zero-order valence-electron chi connectivity index (χ0n) is 21.1. The van der Waals surface area contributed by atoms with Crippen molar-refractivity contribution in [2.45, 2.75) is 103 Å². The molecule has 3 saturated carbocycles. The van der Waals surface area contributed by atoms with Gasteiger partial charge in [0.25, 0.3) is 0 Å². The molecule has 4 aliphatic carbocycles. The first-order valence-corrected chi connectivity index (χ1v) is 13.2. The zero-order chi connectivity index (χ0) is 26.2. The summed E-state index contributed by atoms with van der Waals surface area (Å²) in [5, 5.41) is 40.7. The van der Waals surface area contributed by atoms with Crippen LogP contribution in [-0.4, -0.2) is 74.8 Å². The summed E-state index contributed by atoms with van der Waals surface area (Å²) in [6, 6.07) is 0. The molecule has 12 unspecified atom stereocenters. The highest BCUT2D eigenvalue weighted by molar-refractivity contribution is 5.91. The first-order chi connectivity index (χ1) is 16.9. The van der Waals surface area contributed by atoms with Gasteiger partial charge in [-0.3, -0.25) is 9.59 Å². The molecule has 0 aromatic rings. The molecule has 200 valence electrons. The molecule has 1 aliphatic heterocycles. The minimum absolute atomic E-state index is 0.0162. The van der Waals surface area contributed by atoms with E-state index in [1.807, 2.05) is 0 Å². The van der Waals surface area contributed by atoms with E-state index in [9.17, 15) is 34.8 Å². The molecule has 0 amide bonds. The van der Waals surface area contributed by atoms with E-state index in [1.165, 1.54) is 0 Å². The molecule has 0 bridgehead atoms. The van der Waals surface area contributed by atoms with E-state index in [1.54, 1.807) is 13.0 Å². The summed E-state index contributed by atoms with van der Waals surface area (Å²) in [6.45, 7) is 5.97. The number of carboxylic acid groups (broad SMARTS) is 1. The Labute approximate surface area is 210 Å². The number of fused-ring (bicyclic) bond motifs is 5. The minimum Gasteiger partial charge on any atom is -0.479 e. The van der Waals surface area contributed by atoms with E-state index in [2.05, 4.69) is 13.8 Å². The van der Waals surface area contributed by atoms with E-state index in [0.717, 1.165) is 31.3 Å². The summed E-state index contributed by atoms with van der Waals surface area (Å²) in [5.41, 5.74) is 0.493. The topological polar surface area (TPSA) is 151 Å². The fourth-order valence-corrected chi connectivity index (χ4v) is 8.78. The van der Waals surface area contributed by atoms with Gasteiger partial charge < -0.3 is 29.9 Å². The zero-order valence-corrected chi connectivity index (χ0v) is 21.1. The van der Waals surface area contributed by atoms with Gasteiger partial charge >= 0.3 is 5.97 Å². The summed E-state index contributed by atoms with van der Waals surface area (Å²) in [6.07, 6.45) is -1.93. The Kier molecular flexibility index (Phi) is 6.48. The number of carbonyl (C=O) groups is 3. The third-order valence-electron chi connectivity index (χ3n) is 10.5. The molecule has 36 heavy (non-hydrogen) atoms. The summed E-state index contributed by atoms with van der Waals surface area (Å²) in [7, 11) is 0. The van der Waals surface area contributed by atoms with Crippen LogP contribution in [0.3, 0.4) is 0 Å². The number of ether oxygens (including phenoxy) is 2. The Morgan fingerprint density at radius 2 is 1.78 bits per heavy atom. The van der Waals surface area contributed by atoms with Crippen LogP contribution in [0.5, 0.6) is 0 Å². The van der Waals surface area contributed by atoms with E-state index >= 15 is 0 Å². The highest BCUT2D eigenvalue weighted by Gasteiger charge is 2.64. The van der Waals surface area contributed by atoms with Gasteiger partial charge in [-0.2, -0.15) is 0 Å². The van der Waals surface area contributed by atoms with Crippen molar-refractivity contribution in [1.82, 2.24) is 0 Å². The summed E-state index contributed by atoms with van der Waals surface area (Å²) in [4.78, 5) is 36.6. The number of aliphatic hydroxyl groups excluding tert-OH is 3. The molecule has 1 heterocycles. The quantitative estimate of drug-likeness (QED) is 0.446. The van der Waals surface area contributed by atoms with E-state index in [4.69, 9.17) is 9.47 Å². The van der Waals surface area contributed by atoms with Crippen LogP contribution in [0.1, 0.15) is 65.7 Å². The molecular weight excluding hydrogens is 468 g/mol. The number of aliphatic carboxylic acids is 1. The van der Waals surface area contributed by atoms with E-state index in [-0.39, 0.29) is 40.2 Å². The van der Waals surface area contributed by atoms with Crippen LogP contribution in [0.4, 0.5) is 0 Å². The largest absolute Gasteiger partial charge is 0.479 e. The van der Waals surface area contributed by atoms with Crippen molar-refractivity contribution in [3.05, 3.63) is 11.6 Å². The average molecular weight is 507 g/mol. The lowest BCUT2D eigenvalue weighted by Crippen LogP contribution is -2.63. The number of hydrogen-bond donors (Lipinski definition) is 4. The highest BCUT2D eigenvalue weighted by atomic mass is 16.7. The molecule has 5 rings (SSSR count). The second kappa shape index (κ2) is 8.98. The number of carbonyl (C=O) groups excluding carboxylic acids is 2. The van der Waals surface area contributed by atoms with Gasteiger partial charge in [0, 0.05) is 12.3 Å². The Morgan fingerprint density at radius 3 is 2.44 bits per heavy atom. The third kappa shape index (κ3) is 3.81. The number of rotatable bonds is 4. The van der Waals surface area contributed by atoms with Gasteiger partial charge in [-0.1, -0.05) is 19.4 Å². The van der Waals surface area contributed by atoms with Crippen molar-refractivity contribution in [2.75, 3.05) is 0 Å². The predicted molar refractivity (Wildman–Crippen MR) is 125 cm³/mol. The Balaban J connectivity index is 1.53. The van der Waals surface area contributed by atoms with Crippen LogP contribution in [-0.2, 0) is 23.9 Å². The smallest absolute Gasteiger partial charge is 0.335 e. The van der Waals surface area contributed by atoms with Crippen LogP contribution in [0.15, 0.2) is 11.6 Å². The van der Waals surface area contributed by atoms with Gasteiger partial charge in [0.15, 0.2) is 18.2 Å². The fourth-order valence-electron chi connectivity index (χ4n) is 8.78. The number of hydrogen-bond acceptors (Lipinski definition) is 8. The molecule has 0 aromatic heterocycles. The molecule has 9 nitrogen and oxygen atoms in total. The molecule has 12 atom stereocenters. The van der Waals surface area contributed by atoms with Crippen LogP contribution in [0, 0.1) is 34.5 Å². The average Bonchev–Trinajstić information content (AvgIpc) is 3.16. The Hall–Kier alpha value is -1.65. The number of ketones is 2. The molecule has 0 radical (unpaired) electrons. The number of aliphatic hydroxyl groups is 3. The van der Waals surface area contributed by atoms with Gasteiger partial charge in [0.2, 0.25) is 0 Å². The summed E-state index contributed by atoms with van der Waals surface area (Å²) in [5.74, 6) is -0.737. The molecule has 1 saturated heterocycles. The molecule has 4 N–H and O–H groups in total. The lowest BCUT2D eigenvalue weighted by Gasteiger charge is -2.61. The van der Waals surface area contributed by atoms with Crippen LogP contribution >= 0.6 is 0 Å². The van der Waals surface area contributed by atoms with Gasteiger partial charge in [-0.05, 0) is 80.1 Å². The molecule has 0 aromatic carbocycles. The van der Waals surface area contributed by atoms with Crippen LogP contribution in [0.25, 0.3) is 0 Å². The van der Waals surface area contributed by atoms with Gasteiger partial charge in [-0.15, -0.1) is 0 Å². The summed E-state index contributed by atoms with van der Waals surface area (Å²) >= 11 is 0. The minimum atomic E-state index is -1.79. The van der Waals surface area contributed by atoms with Gasteiger partial charge in [0.1, 0.15) is 24.1 Å². The lowest BCUT2D eigenvalue weighted by atomic mass is 9.46. The van der Waals surface area contributed by atoms with Gasteiger partial charge in [0.05, 0.1) is 6.10 Å². The molecular formula is C27H38O9. The normalized spacial score (nSPS) is 50.5. The number of Topliss-reactive ketones (excluding diaryl/α,β-unsaturated/α-hetero) is 1. The fraction of sp³-hybridized carbons (Fsp3) is 0.815. The maximum absolute atomic E-state index is 12.7. The van der Waals surface area contributed by atoms with Crippen molar-refractivity contribution in [3.63, 3.8) is 0 Å². The van der Waals surface area contributed by atoms with Crippen molar-refractivity contribution >= 4 is 17.5 Å². The lowest BCUT2D eigenvalue weighted by molar-refractivity contribution is -0.320. The van der Waals surface area contributed by atoms with Crippen LogP contribution in [0.2, 0.25) is 0 Å². The SMILES string of the molecule is CC(=O)C1CCC2C3CCC4=CC(=O)CCC4(C)C3C(OC3OC(C(=O)O)C(O)C(O)C3O)CC12C. The third-order valence-corrected chi connectivity index (χ3v) is 10.5. The van der Waals surface area contributed by atoms with E-state index in [0.29, 0.717) is 25.2 Å². The molecule has 0 spiro atoms. The number of carboxylic acids is 1. The second-order valence-corrected chi connectivity index (χ2v) is 12.2. The molecule has 5 aliphatic rings. The maximum Gasteiger partial charge on any atom is 0.335 e. The standard InChI is InChI=1S/C27H38O9/c1-12(28)16-6-7-17-15-5-4-13-10-14(29)8-9-26(13,2)19(15)18(11-27(16,17)3)35-25-22(32)20(30)21(31)23(36-25)24(33)34/h10,15-23,25,30-32H,4-9,11H2,1-3H3,(H,33,34). The van der Waals surface area contributed by atoms with Crippen LogP contribution < -0.4 is 0 Å². The maximum atomic E-state index is 12.7. The Bertz CT molecular complexity index is 976. The number of allylic oxidation sites excluding steroid dienone is 1. The monoisotopic (exact) mass is 506 g/mol. The first kappa shape index (κ1) is 26.0. The van der Waals surface area contributed by atoms with Gasteiger partial charge in [-0.25, -0.2) is 4.79 Å². The van der Waals surface area contributed by atoms with E-state index < -0.39 is 42.8 Å². The van der Waals surface area contributed by atoms with Crippen molar-refractivity contribution < 1.29 is 44.3 Å². The Morgan fingerprint density at radius 1 is 1.06 bits per heavy atom. The van der Waals surface area contributed by atoms with Crippen molar-refractivity contribution in [3.8, 4) is 0 Å². The highest BCUT2D eigenvalue weighted by Crippen LogP contribution is 2.67. The second-order valence-electron chi connectivity index (χ2n) is 12.2. The summed E-state index contributed by atoms with van der Waals surface area (Å²) < 4.78 is 11.9. The van der Waals surface area contributed by atoms with Crippen molar-refractivity contribution in [1.29, 1.82) is 0 Å². The predicted octanol–water partition coefficient (Wildman–Crippen LogP) is 1.61. The molecule has 9 heteroatoms. The first-order valence-electron chi connectivity index (χ1n) is 13.2. The van der Waals surface area contributed by atoms with Crippen molar-refractivity contribution in [2.24, 2.45) is 34.5 Å².